The van der Waals surface area contributed by atoms with E-state index in [0.717, 1.165) is 11.3 Å². The van der Waals surface area contributed by atoms with Gasteiger partial charge in [0.05, 0.1) is 5.69 Å². The first-order chi connectivity index (χ1) is 11.3. The van der Waals surface area contributed by atoms with Crippen molar-refractivity contribution >= 4 is 8.07 Å². The third kappa shape index (κ3) is 3.35. The van der Waals surface area contributed by atoms with Gasteiger partial charge in [-0.25, -0.2) is 4.68 Å². The topological polar surface area (TPSA) is 17.8 Å². The van der Waals surface area contributed by atoms with E-state index in [2.05, 4.69) is 83.2 Å². The van der Waals surface area contributed by atoms with Crippen molar-refractivity contribution in [3.8, 4) is 17.2 Å². The Labute approximate surface area is 148 Å². The number of benzene rings is 1. The van der Waals surface area contributed by atoms with Gasteiger partial charge in [0.25, 0.3) is 0 Å². The van der Waals surface area contributed by atoms with Crippen LogP contribution >= 0.6 is 0 Å². The third-order valence-electron chi connectivity index (χ3n) is 5.25. The zero-order chi connectivity index (χ0) is 17.9. The van der Waals surface area contributed by atoms with Gasteiger partial charge < -0.3 is 0 Å². The number of hydrogen-bond donors (Lipinski definition) is 0. The van der Waals surface area contributed by atoms with Crippen LogP contribution in [0, 0.1) is 18.4 Å². The Morgan fingerprint density at radius 1 is 0.958 bits per heavy atom. The van der Waals surface area contributed by atoms with Crippen LogP contribution in [-0.4, -0.2) is 17.9 Å². The fraction of sp³-hybridized carbons (Fsp3) is 0.476. The van der Waals surface area contributed by atoms with Gasteiger partial charge in [-0.15, -0.1) is 5.54 Å². The minimum atomic E-state index is -1.73. The smallest absolute Gasteiger partial charge is 0.146 e. The van der Waals surface area contributed by atoms with Crippen molar-refractivity contribution in [3.63, 3.8) is 0 Å². The van der Waals surface area contributed by atoms with Gasteiger partial charge in [0.1, 0.15) is 8.07 Å². The molecule has 0 unspecified atom stereocenters. The zero-order valence-electron chi connectivity index (χ0n) is 16.1. The molecule has 1 aromatic heterocycles. The van der Waals surface area contributed by atoms with Crippen molar-refractivity contribution in [2.45, 2.75) is 65.1 Å². The zero-order valence-corrected chi connectivity index (χ0v) is 17.1. The predicted octanol–water partition coefficient (Wildman–Crippen LogP) is 5.75. The number of hydrogen-bond acceptors (Lipinski definition) is 1. The molecule has 0 spiro atoms. The molecule has 0 saturated carbocycles. The van der Waals surface area contributed by atoms with Crippen molar-refractivity contribution in [3.05, 3.63) is 47.8 Å². The lowest BCUT2D eigenvalue weighted by Crippen LogP contribution is -2.43. The number of rotatable bonds is 4. The van der Waals surface area contributed by atoms with Gasteiger partial charge in [-0.1, -0.05) is 59.6 Å². The molecule has 128 valence electrons. The second-order valence-electron chi connectivity index (χ2n) is 7.57. The minimum absolute atomic E-state index is 0.642. The molecule has 0 radical (unpaired) electrons. The van der Waals surface area contributed by atoms with E-state index in [1.54, 1.807) is 0 Å². The molecule has 2 rings (SSSR count). The summed E-state index contributed by atoms with van der Waals surface area (Å²) in [6.45, 7) is 16.2. The Bertz CT molecular complexity index is 709. The van der Waals surface area contributed by atoms with Gasteiger partial charge >= 0.3 is 0 Å². The number of aromatic nitrogens is 2. The van der Waals surface area contributed by atoms with E-state index in [1.807, 2.05) is 23.1 Å². The maximum atomic E-state index is 4.42. The van der Waals surface area contributed by atoms with Gasteiger partial charge in [-0.3, -0.25) is 0 Å². The number of aryl methyl sites for hydroxylation is 1. The van der Waals surface area contributed by atoms with Crippen molar-refractivity contribution in [2.24, 2.45) is 0 Å². The molecule has 0 aliphatic heterocycles. The highest BCUT2D eigenvalue weighted by Crippen LogP contribution is 2.40. The summed E-state index contributed by atoms with van der Waals surface area (Å²) in [7, 11) is -1.73. The minimum Gasteiger partial charge on any atom is -0.239 e. The van der Waals surface area contributed by atoms with E-state index in [-0.39, 0.29) is 0 Å². The predicted molar refractivity (Wildman–Crippen MR) is 106 cm³/mol. The van der Waals surface area contributed by atoms with Crippen LogP contribution in [0.3, 0.4) is 0 Å². The van der Waals surface area contributed by atoms with E-state index in [0.29, 0.717) is 16.6 Å². The molecular formula is C21H30N2Si. The summed E-state index contributed by atoms with van der Waals surface area (Å²) in [5.41, 5.74) is 9.14. The quantitative estimate of drug-likeness (QED) is 0.512. The molecule has 1 heterocycles. The Morgan fingerprint density at radius 3 is 2.08 bits per heavy atom. The molecule has 0 fully saturated rings. The largest absolute Gasteiger partial charge is 0.239 e. The Balaban J connectivity index is 2.60. The van der Waals surface area contributed by atoms with Crippen molar-refractivity contribution < 1.29 is 0 Å². The van der Waals surface area contributed by atoms with E-state index in [9.17, 15) is 0 Å². The molecule has 2 aromatic rings. The average molecular weight is 339 g/mol. The van der Waals surface area contributed by atoms with E-state index >= 15 is 0 Å². The van der Waals surface area contributed by atoms with Crippen molar-refractivity contribution in [1.82, 2.24) is 9.78 Å². The monoisotopic (exact) mass is 338 g/mol. The summed E-state index contributed by atoms with van der Waals surface area (Å²) in [4.78, 5) is 0. The fourth-order valence-corrected chi connectivity index (χ4v) is 9.29. The Kier molecular flexibility index (Phi) is 5.72. The summed E-state index contributed by atoms with van der Waals surface area (Å²) >= 11 is 0. The van der Waals surface area contributed by atoms with Crippen molar-refractivity contribution in [1.29, 1.82) is 0 Å². The van der Waals surface area contributed by atoms with Gasteiger partial charge in [-0.05, 0) is 41.2 Å². The van der Waals surface area contributed by atoms with E-state index in [1.165, 1.54) is 5.56 Å². The van der Waals surface area contributed by atoms with Crippen LogP contribution in [0.25, 0.3) is 5.69 Å². The maximum absolute atomic E-state index is 4.42. The second kappa shape index (κ2) is 7.40. The third-order valence-corrected chi connectivity index (χ3v) is 11.5. The molecule has 0 bridgehead atoms. The molecule has 0 atom stereocenters. The van der Waals surface area contributed by atoms with Crippen LogP contribution < -0.4 is 0 Å². The first-order valence-electron chi connectivity index (χ1n) is 8.93. The summed E-state index contributed by atoms with van der Waals surface area (Å²) in [6, 6.07) is 8.30. The molecule has 0 amide bonds. The van der Waals surface area contributed by atoms with Crippen LogP contribution in [0.2, 0.25) is 16.6 Å². The average Bonchev–Trinajstić information content (AvgIpc) is 3.00. The lowest BCUT2D eigenvalue weighted by atomic mass is 10.1. The van der Waals surface area contributed by atoms with Gasteiger partial charge in [0, 0.05) is 18.0 Å². The van der Waals surface area contributed by atoms with Gasteiger partial charge in [0.15, 0.2) is 0 Å². The number of nitrogens with zero attached hydrogens (tertiary/aromatic N) is 2. The molecule has 24 heavy (non-hydrogen) atoms. The first-order valence-corrected chi connectivity index (χ1v) is 11.2. The maximum Gasteiger partial charge on any atom is 0.146 e. The molecule has 3 heteroatoms. The SMILES string of the molecule is Cc1cccc(C#C[Si](C(C)C)(C(C)C)C(C)C)c1-n1cccn1. The van der Waals surface area contributed by atoms with Crippen LogP contribution in [0.1, 0.15) is 52.7 Å². The fourth-order valence-electron chi connectivity index (χ4n) is 4.07. The summed E-state index contributed by atoms with van der Waals surface area (Å²) in [5.74, 6) is 3.58. The summed E-state index contributed by atoms with van der Waals surface area (Å²) in [6.07, 6.45) is 3.81. The highest BCUT2D eigenvalue weighted by Gasteiger charge is 2.41. The van der Waals surface area contributed by atoms with Gasteiger partial charge in [-0.2, -0.15) is 5.10 Å². The highest BCUT2D eigenvalue weighted by atomic mass is 28.3. The molecule has 0 saturated heterocycles. The van der Waals surface area contributed by atoms with Crippen LogP contribution in [0.15, 0.2) is 36.7 Å². The lowest BCUT2D eigenvalue weighted by molar-refractivity contribution is 0.838. The molecule has 0 N–H and O–H groups in total. The standard InChI is InChI=1S/C21H30N2Si/c1-16(2)24(17(3)4,18(5)6)15-12-20-11-8-10-19(7)21(20)23-14-9-13-22-23/h8-11,13-14,16-18H,1-7H3. The number of para-hydroxylation sites is 1. The first kappa shape index (κ1) is 18.5. The highest BCUT2D eigenvalue weighted by molar-refractivity contribution is 6.90. The lowest BCUT2D eigenvalue weighted by Gasteiger charge is -2.38. The van der Waals surface area contributed by atoms with Crippen molar-refractivity contribution in [2.75, 3.05) is 0 Å². The second-order valence-corrected chi connectivity index (χ2v) is 13.1. The normalized spacial score (nSPS) is 11.9. The molecular weight excluding hydrogens is 308 g/mol. The Morgan fingerprint density at radius 2 is 1.58 bits per heavy atom. The van der Waals surface area contributed by atoms with Crippen LogP contribution in [-0.2, 0) is 0 Å². The molecule has 0 aliphatic rings. The molecule has 2 nitrogen and oxygen atoms in total. The molecule has 0 aliphatic carbocycles. The van der Waals surface area contributed by atoms with Gasteiger partial charge in [0.2, 0.25) is 0 Å². The Hall–Kier alpha value is -1.79. The molecule has 1 aromatic carbocycles. The van der Waals surface area contributed by atoms with E-state index in [4.69, 9.17) is 0 Å². The summed E-state index contributed by atoms with van der Waals surface area (Å²) in [5, 5.41) is 4.42. The van der Waals surface area contributed by atoms with E-state index < -0.39 is 8.07 Å². The van der Waals surface area contributed by atoms with Crippen LogP contribution in [0.5, 0.6) is 0 Å². The summed E-state index contributed by atoms with van der Waals surface area (Å²) < 4.78 is 1.93. The van der Waals surface area contributed by atoms with Crippen LogP contribution in [0.4, 0.5) is 0 Å².